The lowest BCUT2D eigenvalue weighted by Crippen LogP contribution is -2.10. The van der Waals surface area contributed by atoms with Gasteiger partial charge in [-0.25, -0.2) is 0 Å². The van der Waals surface area contributed by atoms with Gasteiger partial charge >= 0.3 is 0 Å². The number of para-hydroxylation sites is 2. The van der Waals surface area contributed by atoms with Gasteiger partial charge < -0.3 is 9.47 Å². The highest BCUT2D eigenvalue weighted by Crippen LogP contribution is 2.42. The van der Waals surface area contributed by atoms with Crippen LogP contribution in [0.4, 0.5) is 17.1 Å². The van der Waals surface area contributed by atoms with Crippen LogP contribution in [0.3, 0.4) is 0 Å². The third kappa shape index (κ3) is 6.32. The van der Waals surface area contributed by atoms with Gasteiger partial charge in [0.25, 0.3) is 0 Å². The van der Waals surface area contributed by atoms with Crippen LogP contribution in [0.5, 0.6) is 0 Å². The fraction of sp³-hybridized carbons (Fsp3) is 0. The fourth-order valence-electron chi connectivity index (χ4n) is 8.32. The summed E-state index contributed by atoms with van der Waals surface area (Å²) in [6.07, 6.45) is 0. The Labute approximate surface area is 361 Å². The average Bonchev–Trinajstić information content (AvgIpc) is 3.72. The molecule has 0 spiro atoms. The summed E-state index contributed by atoms with van der Waals surface area (Å²) in [6, 6.07) is 59.6. The van der Waals surface area contributed by atoms with Crippen molar-refractivity contribution < 1.29 is 11.0 Å². The first kappa shape index (κ1) is 27.7. The number of rotatable bonds is 8. The van der Waals surface area contributed by atoms with Gasteiger partial charge in [0.15, 0.2) is 0 Å². The summed E-state index contributed by atoms with van der Waals surface area (Å²) in [6.45, 7) is 0. The molecule has 2 nitrogen and oxygen atoms in total. The van der Waals surface area contributed by atoms with E-state index < -0.39 is 24.2 Å². The van der Waals surface area contributed by atoms with Gasteiger partial charge in [0.2, 0.25) is 0 Å². The molecule has 0 saturated carbocycles. The highest BCUT2D eigenvalue weighted by molar-refractivity contribution is 6.16. The number of fused-ring (bicyclic) bond motifs is 4. The van der Waals surface area contributed by atoms with E-state index in [1.165, 1.54) is 4.90 Å². The van der Waals surface area contributed by atoms with E-state index in [1.54, 1.807) is 30.3 Å². The number of hydrogen-bond donors (Lipinski definition) is 0. The molecule has 11 rings (SSSR count). The zero-order valence-corrected chi connectivity index (χ0v) is 32.4. The minimum Gasteiger partial charge on any atom is -0.310 e. The summed E-state index contributed by atoms with van der Waals surface area (Å²) in [4.78, 5) is 1.38. The monoisotopic (exact) mass is 772 g/mol. The van der Waals surface area contributed by atoms with Crippen molar-refractivity contribution in [3.8, 4) is 50.2 Å². The number of aromatic nitrogens is 1. The Morgan fingerprint density at radius 1 is 0.333 bits per heavy atom. The van der Waals surface area contributed by atoms with E-state index >= 15 is 0 Å². The Morgan fingerprint density at radius 3 is 1.58 bits per heavy atom. The molecule has 0 radical (unpaired) electrons. The predicted molar refractivity (Wildman–Crippen MR) is 255 cm³/mol. The molecule has 0 fully saturated rings. The zero-order chi connectivity index (χ0) is 46.8. The van der Waals surface area contributed by atoms with Gasteiger partial charge in [-0.15, -0.1) is 0 Å². The van der Waals surface area contributed by atoms with Crippen LogP contribution in [-0.2, 0) is 0 Å². The van der Waals surface area contributed by atoms with Crippen molar-refractivity contribution in [2.24, 2.45) is 0 Å². The fourth-order valence-corrected chi connectivity index (χ4v) is 8.32. The highest BCUT2D eigenvalue weighted by atomic mass is 15.1. The van der Waals surface area contributed by atoms with Crippen LogP contribution in [0.25, 0.3) is 82.8 Å². The normalized spacial score (nSPS) is 13.2. The van der Waals surface area contributed by atoms with Gasteiger partial charge in [0, 0.05) is 33.5 Å². The average molecular weight is 773 g/mol. The minimum absolute atomic E-state index is 0.0994. The second-order valence-corrected chi connectivity index (χ2v) is 14.7. The maximum atomic E-state index is 9.69. The molecule has 282 valence electrons. The molecule has 0 atom stereocenters. The maximum Gasteiger partial charge on any atom is 0.0645 e. The molecule has 0 saturated heterocycles. The lowest BCUT2D eigenvalue weighted by Gasteiger charge is -2.26. The molecule has 2 heteroatoms. The molecule has 1 aromatic heterocycles. The topological polar surface area (TPSA) is 8.17 Å². The second kappa shape index (κ2) is 15.1. The minimum atomic E-state index is -0.401. The van der Waals surface area contributed by atoms with Crippen LogP contribution in [0.2, 0.25) is 0 Å². The SMILES string of the molecule is [2H]c1c([2H])c(N(c2cccc(-c3cccc4c3c3ccccc3n4-c3ccccc3)c2)c2c([2H])c([2H])c(-c3ccc(-c4cccc5ccccc45)cc3)c([2H])c2[2H])c([2H])c([2H])c1-c1ccccc1. The van der Waals surface area contributed by atoms with Crippen molar-refractivity contribution >= 4 is 49.6 Å². The van der Waals surface area contributed by atoms with E-state index in [0.29, 0.717) is 16.8 Å². The summed E-state index contributed by atoms with van der Waals surface area (Å²) < 4.78 is 78.4. The smallest absolute Gasteiger partial charge is 0.0645 e. The van der Waals surface area contributed by atoms with Crippen LogP contribution in [0, 0.1) is 0 Å². The molecule has 0 amide bonds. The van der Waals surface area contributed by atoms with E-state index in [9.17, 15) is 11.0 Å². The van der Waals surface area contributed by atoms with Crippen molar-refractivity contribution in [3.05, 3.63) is 242 Å². The summed E-state index contributed by atoms with van der Waals surface area (Å²) in [5, 5.41) is 4.21. The number of anilines is 3. The highest BCUT2D eigenvalue weighted by Gasteiger charge is 2.18. The van der Waals surface area contributed by atoms with Crippen LogP contribution in [0.1, 0.15) is 11.0 Å². The molecule has 0 aliphatic carbocycles. The van der Waals surface area contributed by atoms with Gasteiger partial charge in [0.05, 0.1) is 22.0 Å². The summed E-state index contributed by atoms with van der Waals surface area (Å²) in [5.74, 6) is 0. The summed E-state index contributed by atoms with van der Waals surface area (Å²) >= 11 is 0. The lowest BCUT2D eigenvalue weighted by molar-refractivity contribution is 1.18. The maximum absolute atomic E-state index is 9.69. The number of hydrogen-bond acceptors (Lipinski definition) is 1. The molecule has 0 unspecified atom stereocenters. The van der Waals surface area contributed by atoms with Crippen molar-refractivity contribution in [3.63, 3.8) is 0 Å². The lowest BCUT2D eigenvalue weighted by atomic mass is 9.96. The van der Waals surface area contributed by atoms with E-state index in [2.05, 4.69) is 53.1 Å². The first-order chi connectivity index (χ1) is 33.1. The van der Waals surface area contributed by atoms with Crippen LogP contribution in [0.15, 0.2) is 242 Å². The largest absolute Gasteiger partial charge is 0.310 e. The Hall–Kier alpha value is -7.94. The van der Waals surface area contributed by atoms with Gasteiger partial charge in [-0.05, 0) is 116 Å². The molecule has 0 bridgehead atoms. The molecule has 0 N–H and O–H groups in total. The van der Waals surface area contributed by atoms with Crippen LogP contribution in [-0.4, -0.2) is 4.57 Å². The molecule has 0 aliphatic rings. The third-order valence-corrected chi connectivity index (χ3v) is 11.1. The standard InChI is InChI=1S/C58H40N2/c1-3-14-41(15-4-1)43-32-36-49(37-33-43)59(50-38-34-44(35-39-50)42-28-30-46(31-29-42)53-24-12-17-45-16-7-8-22-52(45)53)51-21-11-18-47(40-51)54-25-13-27-57-58(54)55-23-9-10-26-56(55)60(57)48-19-5-2-6-20-48/h1-40H/i32D,33D,34D,35D,36D,37D,38D,39D. The predicted octanol–water partition coefficient (Wildman–Crippen LogP) is 16.1. The molecule has 11 aromatic rings. The van der Waals surface area contributed by atoms with Crippen LogP contribution < -0.4 is 4.90 Å². The first-order valence-electron chi connectivity index (χ1n) is 23.9. The van der Waals surface area contributed by atoms with Gasteiger partial charge in [-0.3, -0.25) is 0 Å². The Kier molecular flexibility index (Phi) is 6.96. The van der Waals surface area contributed by atoms with Crippen molar-refractivity contribution in [1.29, 1.82) is 0 Å². The van der Waals surface area contributed by atoms with Gasteiger partial charge in [-0.1, -0.05) is 182 Å². The Morgan fingerprint density at radius 2 is 0.850 bits per heavy atom. The molecule has 10 aromatic carbocycles. The van der Waals surface area contributed by atoms with E-state index in [4.69, 9.17) is 0 Å². The van der Waals surface area contributed by atoms with Crippen molar-refractivity contribution in [2.75, 3.05) is 4.90 Å². The summed E-state index contributed by atoms with van der Waals surface area (Å²) in [5.41, 5.74) is 7.73. The quantitative estimate of drug-likeness (QED) is 0.149. The Balaban J connectivity index is 1.12. The first-order valence-corrected chi connectivity index (χ1v) is 19.9. The molecule has 1 heterocycles. The summed E-state index contributed by atoms with van der Waals surface area (Å²) in [7, 11) is 0. The van der Waals surface area contributed by atoms with Gasteiger partial charge in [-0.2, -0.15) is 0 Å². The van der Waals surface area contributed by atoms with Crippen LogP contribution >= 0.6 is 0 Å². The van der Waals surface area contributed by atoms with E-state index in [-0.39, 0.29) is 46.7 Å². The third-order valence-electron chi connectivity index (χ3n) is 11.1. The number of benzene rings is 10. The second-order valence-electron chi connectivity index (χ2n) is 14.7. The molecular weight excluding hydrogens is 725 g/mol. The molecule has 0 aliphatic heterocycles. The van der Waals surface area contributed by atoms with Crippen molar-refractivity contribution in [1.82, 2.24) is 4.57 Å². The van der Waals surface area contributed by atoms with E-state index in [0.717, 1.165) is 60.5 Å². The Bertz CT molecular complexity index is 3710. The van der Waals surface area contributed by atoms with E-state index in [1.807, 2.05) is 115 Å². The molecular formula is C58H40N2. The van der Waals surface area contributed by atoms with Crippen molar-refractivity contribution in [2.45, 2.75) is 0 Å². The zero-order valence-electron chi connectivity index (χ0n) is 40.4. The molecule has 60 heavy (non-hydrogen) atoms. The number of nitrogens with zero attached hydrogens (tertiary/aromatic N) is 2. The van der Waals surface area contributed by atoms with Gasteiger partial charge in [0.1, 0.15) is 0 Å².